The van der Waals surface area contributed by atoms with Gasteiger partial charge in [0.05, 0.1) is 30.4 Å². The topological polar surface area (TPSA) is 88.0 Å². The van der Waals surface area contributed by atoms with Crippen molar-refractivity contribution in [2.24, 2.45) is 5.11 Å². The Kier molecular flexibility index (Phi) is 4.40. The molecule has 6 heteroatoms. The SMILES string of the molecule is COC(=O)c1ccccc1-c1ccc2cc(CN=[N+]=[N-])ccc2n1. The van der Waals surface area contributed by atoms with Gasteiger partial charge >= 0.3 is 5.97 Å². The summed E-state index contributed by atoms with van der Waals surface area (Å²) in [7, 11) is 1.36. The maximum absolute atomic E-state index is 11.9. The van der Waals surface area contributed by atoms with E-state index in [1.165, 1.54) is 7.11 Å². The average molecular weight is 318 g/mol. The van der Waals surface area contributed by atoms with Gasteiger partial charge < -0.3 is 4.74 Å². The van der Waals surface area contributed by atoms with Gasteiger partial charge in [-0.1, -0.05) is 35.4 Å². The molecule has 118 valence electrons. The van der Waals surface area contributed by atoms with Crippen molar-refractivity contribution >= 4 is 16.9 Å². The second-order valence-corrected chi connectivity index (χ2v) is 5.15. The summed E-state index contributed by atoms with van der Waals surface area (Å²) in [5, 5.41) is 4.51. The number of aromatic nitrogens is 1. The van der Waals surface area contributed by atoms with Gasteiger partial charge in [0.25, 0.3) is 0 Å². The van der Waals surface area contributed by atoms with Crippen LogP contribution in [0.15, 0.2) is 59.7 Å². The molecular weight excluding hydrogens is 304 g/mol. The third kappa shape index (κ3) is 3.04. The predicted octanol–water partition coefficient (Wildman–Crippen LogP) is 4.50. The molecule has 24 heavy (non-hydrogen) atoms. The lowest BCUT2D eigenvalue weighted by Gasteiger charge is -2.08. The summed E-state index contributed by atoms with van der Waals surface area (Å²) in [6, 6.07) is 16.7. The zero-order valence-electron chi connectivity index (χ0n) is 13.0. The van der Waals surface area contributed by atoms with E-state index < -0.39 is 5.97 Å². The van der Waals surface area contributed by atoms with Crippen molar-refractivity contribution < 1.29 is 9.53 Å². The molecule has 2 aromatic carbocycles. The summed E-state index contributed by atoms with van der Waals surface area (Å²) in [5.41, 5.74) is 12.0. The Labute approximate surface area is 138 Å². The van der Waals surface area contributed by atoms with E-state index in [4.69, 9.17) is 10.3 Å². The number of carbonyl (C=O) groups is 1. The average Bonchev–Trinajstić information content (AvgIpc) is 2.65. The first-order chi connectivity index (χ1) is 11.7. The van der Waals surface area contributed by atoms with Gasteiger partial charge in [-0.25, -0.2) is 9.78 Å². The van der Waals surface area contributed by atoms with Crippen molar-refractivity contribution in [1.82, 2.24) is 4.98 Å². The molecule has 0 amide bonds. The van der Waals surface area contributed by atoms with Gasteiger partial charge in [0.15, 0.2) is 0 Å². The third-order valence-corrected chi connectivity index (χ3v) is 3.68. The molecule has 0 spiro atoms. The van der Waals surface area contributed by atoms with Gasteiger partial charge in [-0.05, 0) is 35.4 Å². The van der Waals surface area contributed by atoms with Gasteiger partial charge in [0.2, 0.25) is 0 Å². The van der Waals surface area contributed by atoms with Crippen LogP contribution < -0.4 is 0 Å². The minimum Gasteiger partial charge on any atom is -0.465 e. The number of ether oxygens (including phenoxy) is 1. The van der Waals surface area contributed by atoms with Crippen LogP contribution in [0.4, 0.5) is 0 Å². The normalized spacial score (nSPS) is 10.2. The van der Waals surface area contributed by atoms with Crippen LogP contribution in [0.5, 0.6) is 0 Å². The van der Waals surface area contributed by atoms with E-state index in [2.05, 4.69) is 15.0 Å². The largest absolute Gasteiger partial charge is 0.465 e. The Balaban J connectivity index is 2.06. The fourth-order valence-corrected chi connectivity index (χ4v) is 2.53. The molecule has 6 nitrogen and oxygen atoms in total. The highest BCUT2D eigenvalue weighted by atomic mass is 16.5. The molecular formula is C18H14N4O2. The maximum Gasteiger partial charge on any atom is 0.338 e. The molecule has 0 fully saturated rings. The minimum absolute atomic E-state index is 0.305. The Bertz CT molecular complexity index is 962. The molecule has 0 atom stereocenters. The lowest BCUT2D eigenvalue weighted by atomic mass is 10.0. The zero-order chi connectivity index (χ0) is 16.9. The standard InChI is InChI=1S/C18H14N4O2/c1-24-18(23)15-5-3-2-4-14(15)17-9-7-13-10-12(11-20-22-19)6-8-16(13)21-17/h2-10H,11H2,1H3. The molecule has 1 aromatic heterocycles. The Hall–Kier alpha value is -3.37. The number of azide groups is 1. The molecule has 0 aliphatic heterocycles. The van der Waals surface area contributed by atoms with Crippen molar-refractivity contribution in [1.29, 1.82) is 0 Å². The molecule has 0 aliphatic rings. The Morgan fingerprint density at radius 2 is 2.04 bits per heavy atom. The Morgan fingerprint density at radius 1 is 1.21 bits per heavy atom. The van der Waals surface area contributed by atoms with Crippen molar-refractivity contribution in [3.8, 4) is 11.3 Å². The zero-order valence-corrected chi connectivity index (χ0v) is 13.0. The first-order valence-electron chi connectivity index (χ1n) is 7.31. The van der Waals surface area contributed by atoms with E-state index in [0.717, 1.165) is 22.0 Å². The van der Waals surface area contributed by atoms with Crippen LogP contribution >= 0.6 is 0 Å². The molecule has 3 rings (SSSR count). The monoisotopic (exact) mass is 318 g/mol. The molecule has 0 N–H and O–H groups in total. The molecule has 0 unspecified atom stereocenters. The van der Waals surface area contributed by atoms with Crippen molar-refractivity contribution in [2.75, 3.05) is 7.11 Å². The highest BCUT2D eigenvalue weighted by Crippen LogP contribution is 2.25. The molecule has 0 saturated carbocycles. The molecule has 1 heterocycles. The van der Waals surface area contributed by atoms with Crippen LogP contribution in [0.2, 0.25) is 0 Å². The summed E-state index contributed by atoms with van der Waals surface area (Å²) >= 11 is 0. The number of benzene rings is 2. The van der Waals surface area contributed by atoms with Crippen molar-refractivity contribution in [2.45, 2.75) is 6.54 Å². The quantitative estimate of drug-likeness (QED) is 0.307. The van der Waals surface area contributed by atoms with Crippen LogP contribution in [-0.4, -0.2) is 18.1 Å². The van der Waals surface area contributed by atoms with Gasteiger partial charge in [-0.15, -0.1) is 0 Å². The number of fused-ring (bicyclic) bond motifs is 1. The maximum atomic E-state index is 11.9. The molecule has 0 aliphatic carbocycles. The predicted molar refractivity (Wildman–Crippen MR) is 91.4 cm³/mol. The summed E-state index contributed by atoms with van der Waals surface area (Å²) in [4.78, 5) is 19.3. The fourth-order valence-electron chi connectivity index (χ4n) is 2.53. The van der Waals surface area contributed by atoms with Crippen LogP contribution in [0.3, 0.4) is 0 Å². The van der Waals surface area contributed by atoms with Crippen molar-refractivity contribution in [3.63, 3.8) is 0 Å². The number of methoxy groups -OCH3 is 1. The lowest BCUT2D eigenvalue weighted by molar-refractivity contribution is 0.0601. The first kappa shape index (κ1) is 15.5. The third-order valence-electron chi connectivity index (χ3n) is 3.68. The Morgan fingerprint density at radius 3 is 2.83 bits per heavy atom. The molecule has 3 aromatic rings. The molecule has 0 radical (unpaired) electrons. The van der Waals surface area contributed by atoms with E-state index >= 15 is 0 Å². The van der Waals surface area contributed by atoms with E-state index in [9.17, 15) is 4.79 Å². The van der Waals surface area contributed by atoms with Gasteiger partial charge in [0.1, 0.15) is 0 Å². The second kappa shape index (κ2) is 6.81. The summed E-state index contributed by atoms with van der Waals surface area (Å²) in [5.74, 6) is -0.391. The number of pyridine rings is 1. The van der Waals surface area contributed by atoms with E-state index in [0.29, 0.717) is 17.8 Å². The van der Waals surface area contributed by atoms with Crippen LogP contribution in [0.1, 0.15) is 15.9 Å². The van der Waals surface area contributed by atoms with E-state index in [-0.39, 0.29) is 0 Å². The lowest BCUT2D eigenvalue weighted by Crippen LogP contribution is -2.03. The highest BCUT2D eigenvalue weighted by molar-refractivity contribution is 5.97. The van der Waals surface area contributed by atoms with Crippen LogP contribution in [0, 0.1) is 0 Å². The molecule has 0 saturated heterocycles. The summed E-state index contributed by atoms with van der Waals surface area (Å²) in [6.07, 6.45) is 0. The van der Waals surface area contributed by atoms with Gasteiger partial charge in [-0.3, -0.25) is 0 Å². The van der Waals surface area contributed by atoms with Gasteiger partial charge in [0, 0.05) is 15.9 Å². The van der Waals surface area contributed by atoms with Crippen LogP contribution in [0.25, 0.3) is 32.6 Å². The van der Waals surface area contributed by atoms with Crippen molar-refractivity contribution in [3.05, 3.63) is 76.2 Å². The number of hydrogen-bond donors (Lipinski definition) is 0. The smallest absolute Gasteiger partial charge is 0.338 e. The molecule has 0 bridgehead atoms. The van der Waals surface area contributed by atoms with Crippen LogP contribution in [-0.2, 0) is 11.3 Å². The fraction of sp³-hybridized carbons (Fsp3) is 0.111. The summed E-state index contributed by atoms with van der Waals surface area (Å²) in [6.45, 7) is 0.305. The number of rotatable bonds is 4. The number of carbonyl (C=O) groups excluding carboxylic acids is 1. The highest BCUT2D eigenvalue weighted by Gasteiger charge is 2.13. The summed E-state index contributed by atoms with van der Waals surface area (Å²) < 4.78 is 4.83. The number of hydrogen-bond acceptors (Lipinski definition) is 4. The minimum atomic E-state index is -0.391. The second-order valence-electron chi connectivity index (χ2n) is 5.15. The van der Waals surface area contributed by atoms with E-state index in [1.807, 2.05) is 42.5 Å². The number of nitrogens with zero attached hydrogens (tertiary/aromatic N) is 4. The van der Waals surface area contributed by atoms with Gasteiger partial charge in [-0.2, -0.15) is 0 Å². The van der Waals surface area contributed by atoms with E-state index in [1.54, 1.807) is 12.1 Å². The number of esters is 1. The first-order valence-corrected chi connectivity index (χ1v) is 7.31.